The summed E-state index contributed by atoms with van der Waals surface area (Å²) in [6.07, 6.45) is 6.89. The van der Waals surface area contributed by atoms with Gasteiger partial charge in [-0.05, 0) is 52.4 Å². The standard InChI is InChI=1S/C15H27NO3/c1-3-18-14-9-13(10-14)16-12-7-5-11(6-8-12)15(17)19-4-2/h11-14,16H,3-10H2,1-2H3. The van der Waals surface area contributed by atoms with Crippen LogP contribution in [0.15, 0.2) is 0 Å². The van der Waals surface area contributed by atoms with Crippen molar-refractivity contribution in [3.63, 3.8) is 0 Å². The van der Waals surface area contributed by atoms with Gasteiger partial charge in [0.25, 0.3) is 0 Å². The van der Waals surface area contributed by atoms with Crippen molar-refractivity contribution in [1.29, 1.82) is 0 Å². The average Bonchev–Trinajstić information content (AvgIpc) is 2.37. The van der Waals surface area contributed by atoms with Crippen molar-refractivity contribution in [2.24, 2.45) is 5.92 Å². The number of carbonyl (C=O) groups is 1. The maximum atomic E-state index is 11.7. The lowest BCUT2D eigenvalue weighted by Crippen LogP contribution is -2.50. The molecule has 110 valence electrons. The van der Waals surface area contributed by atoms with Crippen molar-refractivity contribution in [3.8, 4) is 0 Å². The second kappa shape index (κ2) is 7.25. The van der Waals surface area contributed by atoms with E-state index in [0.717, 1.165) is 45.1 Å². The topological polar surface area (TPSA) is 47.6 Å². The van der Waals surface area contributed by atoms with E-state index < -0.39 is 0 Å². The predicted molar refractivity (Wildman–Crippen MR) is 74.0 cm³/mol. The molecule has 0 amide bonds. The maximum Gasteiger partial charge on any atom is 0.308 e. The quantitative estimate of drug-likeness (QED) is 0.751. The minimum Gasteiger partial charge on any atom is -0.466 e. The van der Waals surface area contributed by atoms with E-state index in [-0.39, 0.29) is 11.9 Å². The fraction of sp³-hybridized carbons (Fsp3) is 0.933. The van der Waals surface area contributed by atoms with Gasteiger partial charge in [0.15, 0.2) is 0 Å². The molecular formula is C15H27NO3. The van der Waals surface area contributed by atoms with Crippen molar-refractivity contribution in [2.75, 3.05) is 13.2 Å². The molecule has 2 fully saturated rings. The molecule has 4 heteroatoms. The Morgan fingerprint density at radius 1 is 1.05 bits per heavy atom. The molecule has 0 aromatic carbocycles. The van der Waals surface area contributed by atoms with Gasteiger partial charge in [0.05, 0.1) is 18.6 Å². The van der Waals surface area contributed by atoms with Crippen LogP contribution in [-0.4, -0.2) is 37.4 Å². The molecule has 2 aliphatic rings. The largest absolute Gasteiger partial charge is 0.466 e. The molecule has 0 saturated heterocycles. The number of carbonyl (C=O) groups excluding carboxylic acids is 1. The Bertz CT molecular complexity index is 281. The van der Waals surface area contributed by atoms with E-state index in [9.17, 15) is 4.79 Å². The van der Waals surface area contributed by atoms with E-state index in [1.807, 2.05) is 6.92 Å². The molecule has 0 aliphatic heterocycles. The molecule has 4 nitrogen and oxygen atoms in total. The number of hydrogen-bond donors (Lipinski definition) is 1. The first-order chi connectivity index (χ1) is 9.22. The Hall–Kier alpha value is -0.610. The van der Waals surface area contributed by atoms with Gasteiger partial charge in [-0.3, -0.25) is 4.79 Å². The fourth-order valence-electron chi connectivity index (χ4n) is 3.16. The molecule has 2 aliphatic carbocycles. The van der Waals surface area contributed by atoms with Crippen LogP contribution in [0, 0.1) is 5.92 Å². The molecule has 0 bridgehead atoms. The summed E-state index contributed by atoms with van der Waals surface area (Å²) in [5, 5.41) is 3.70. The molecule has 0 radical (unpaired) electrons. The summed E-state index contributed by atoms with van der Waals surface area (Å²) >= 11 is 0. The highest BCUT2D eigenvalue weighted by Gasteiger charge is 2.33. The van der Waals surface area contributed by atoms with Crippen molar-refractivity contribution < 1.29 is 14.3 Å². The van der Waals surface area contributed by atoms with Gasteiger partial charge < -0.3 is 14.8 Å². The van der Waals surface area contributed by atoms with Crippen LogP contribution >= 0.6 is 0 Å². The van der Waals surface area contributed by atoms with Gasteiger partial charge in [0, 0.05) is 18.7 Å². The fourth-order valence-corrected chi connectivity index (χ4v) is 3.16. The third-order valence-corrected chi connectivity index (χ3v) is 4.32. The molecule has 19 heavy (non-hydrogen) atoms. The van der Waals surface area contributed by atoms with E-state index >= 15 is 0 Å². The monoisotopic (exact) mass is 269 g/mol. The molecule has 2 rings (SSSR count). The van der Waals surface area contributed by atoms with Crippen LogP contribution in [0.5, 0.6) is 0 Å². The van der Waals surface area contributed by atoms with Crippen LogP contribution in [-0.2, 0) is 14.3 Å². The lowest BCUT2D eigenvalue weighted by atomic mass is 9.83. The summed E-state index contributed by atoms with van der Waals surface area (Å²) < 4.78 is 10.7. The van der Waals surface area contributed by atoms with Crippen LogP contribution in [0.2, 0.25) is 0 Å². The summed E-state index contributed by atoms with van der Waals surface area (Å²) in [5.74, 6) is 0.136. The molecule has 1 N–H and O–H groups in total. The molecule has 0 aromatic rings. The van der Waals surface area contributed by atoms with Crippen molar-refractivity contribution in [1.82, 2.24) is 5.32 Å². The zero-order chi connectivity index (χ0) is 13.7. The predicted octanol–water partition coefficient (Wildman–Crippen LogP) is 2.27. The first-order valence-corrected chi connectivity index (χ1v) is 7.77. The van der Waals surface area contributed by atoms with E-state index in [1.54, 1.807) is 0 Å². The summed E-state index contributed by atoms with van der Waals surface area (Å²) in [6.45, 7) is 5.24. The van der Waals surface area contributed by atoms with Crippen molar-refractivity contribution in [2.45, 2.75) is 70.6 Å². The maximum absolute atomic E-state index is 11.7. The lowest BCUT2D eigenvalue weighted by Gasteiger charge is -2.39. The number of hydrogen-bond acceptors (Lipinski definition) is 4. The average molecular weight is 269 g/mol. The molecular weight excluding hydrogens is 242 g/mol. The number of ether oxygens (including phenoxy) is 2. The van der Waals surface area contributed by atoms with Crippen molar-refractivity contribution in [3.05, 3.63) is 0 Å². The van der Waals surface area contributed by atoms with Gasteiger partial charge >= 0.3 is 5.97 Å². The van der Waals surface area contributed by atoms with Crippen molar-refractivity contribution >= 4 is 5.97 Å². The molecule has 0 atom stereocenters. The van der Waals surface area contributed by atoms with Crippen LogP contribution < -0.4 is 5.32 Å². The van der Waals surface area contributed by atoms with Crippen LogP contribution in [0.25, 0.3) is 0 Å². The number of nitrogens with one attached hydrogen (secondary N) is 1. The molecule has 0 aromatic heterocycles. The Kier molecular flexibility index (Phi) is 5.64. The van der Waals surface area contributed by atoms with Gasteiger partial charge in [0.2, 0.25) is 0 Å². The summed E-state index contributed by atoms with van der Waals surface area (Å²) in [6, 6.07) is 1.21. The lowest BCUT2D eigenvalue weighted by molar-refractivity contribution is -0.149. The van der Waals surface area contributed by atoms with E-state index in [2.05, 4.69) is 12.2 Å². The second-order valence-electron chi connectivity index (χ2n) is 5.71. The Labute approximate surface area is 116 Å². The Balaban J connectivity index is 1.61. The van der Waals surface area contributed by atoms with E-state index in [1.165, 1.54) is 0 Å². The second-order valence-corrected chi connectivity index (χ2v) is 5.71. The third-order valence-electron chi connectivity index (χ3n) is 4.32. The molecule has 2 saturated carbocycles. The highest BCUT2D eigenvalue weighted by molar-refractivity contribution is 5.72. The highest BCUT2D eigenvalue weighted by atomic mass is 16.5. The van der Waals surface area contributed by atoms with Gasteiger partial charge in [-0.15, -0.1) is 0 Å². The SMILES string of the molecule is CCOC(=O)C1CCC(NC2CC(OCC)C2)CC1. The van der Waals surface area contributed by atoms with Crippen LogP contribution in [0.4, 0.5) is 0 Å². The number of esters is 1. The highest BCUT2D eigenvalue weighted by Crippen LogP contribution is 2.29. The van der Waals surface area contributed by atoms with Crippen LogP contribution in [0.3, 0.4) is 0 Å². The molecule has 0 heterocycles. The van der Waals surface area contributed by atoms with E-state index in [4.69, 9.17) is 9.47 Å². The van der Waals surface area contributed by atoms with Gasteiger partial charge in [-0.25, -0.2) is 0 Å². The van der Waals surface area contributed by atoms with E-state index in [0.29, 0.717) is 24.8 Å². The summed E-state index contributed by atoms with van der Waals surface area (Å²) in [5.41, 5.74) is 0. The minimum absolute atomic E-state index is 0.000930. The smallest absolute Gasteiger partial charge is 0.308 e. The van der Waals surface area contributed by atoms with Gasteiger partial charge in [-0.2, -0.15) is 0 Å². The summed E-state index contributed by atoms with van der Waals surface area (Å²) in [4.78, 5) is 11.7. The Morgan fingerprint density at radius 2 is 1.74 bits per heavy atom. The first kappa shape index (κ1) is 14.8. The third kappa shape index (κ3) is 4.18. The first-order valence-electron chi connectivity index (χ1n) is 7.77. The Morgan fingerprint density at radius 3 is 2.32 bits per heavy atom. The van der Waals surface area contributed by atoms with Gasteiger partial charge in [0.1, 0.15) is 0 Å². The minimum atomic E-state index is 0.000930. The zero-order valence-corrected chi connectivity index (χ0v) is 12.2. The van der Waals surface area contributed by atoms with Gasteiger partial charge in [-0.1, -0.05) is 0 Å². The molecule has 0 spiro atoms. The summed E-state index contributed by atoms with van der Waals surface area (Å²) in [7, 11) is 0. The number of rotatable bonds is 6. The van der Waals surface area contributed by atoms with Crippen LogP contribution in [0.1, 0.15) is 52.4 Å². The normalized spacial score (nSPS) is 34.6. The zero-order valence-electron chi connectivity index (χ0n) is 12.2. The molecule has 0 unspecified atom stereocenters.